The van der Waals surface area contributed by atoms with Crippen LogP contribution in [0.15, 0.2) is 30.3 Å². The lowest BCUT2D eigenvalue weighted by molar-refractivity contribution is -0.146. The first-order valence-corrected chi connectivity index (χ1v) is 14.7. The fraction of sp³-hybridized carbons (Fsp3) is 0.742. The number of carbonyl (C=O) groups is 2. The predicted octanol–water partition coefficient (Wildman–Crippen LogP) is 5.59. The fourth-order valence-electron chi connectivity index (χ4n) is 7.82. The highest BCUT2D eigenvalue weighted by Gasteiger charge is 2.44. The molecule has 3 unspecified atom stereocenters. The molecule has 1 aromatic carbocycles. The highest BCUT2D eigenvalue weighted by atomic mass is 16.2. The van der Waals surface area contributed by atoms with Gasteiger partial charge in [-0.3, -0.25) is 14.5 Å². The smallest absolute Gasteiger partial charge is 0.245 e. The highest BCUT2D eigenvalue weighted by molar-refractivity contribution is 5.88. The van der Waals surface area contributed by atoms with Gasteiger partial charge in [-0.15, -0.1) is 0 Å². The number of likely N-dealkylation sites (tertiary alicyclic amines) is 1. The molecule has 4 aliphatic rings. The Balaban J connectivity index is 0.00000148. The summed E-state index contributed by atoms with van der Waals surface area (Å²) in [4.78, 5) is 33.4. The van der Waals surface area contributed by atoms with Gasteiger partial charge in [0.05, 0.1) is 0 Å². The van der Waals surface area contributed by atoms with Crippen LogP contribution in [0.1, 0.15) is 84.6 Å². The van der Waals surface area contributed by atoms with Gasteiger partial charge in [0, 0.05) is 45.7 Å². The number of piperazine rings is 1. The second-order valence-electron chi connectivity index (χ2n) is 12.3. The minimum Gasteiger partial charge on any atom is -0.338 e. The van der Waals surface area contributed by atoms with Gasteiger partial charge in [0.2, 0.25) is 11.8 Å². The molecule has 2 saturated heterocycles. The molecule has 2 aliphatic heterocycles. The predicted molar refractivity (Wildman–Crippen MR) is 146 cm³/mol. The van der Waals surface area contributed by atoms with Gasteiger partial charge in [0.15, 0.2) is 0 Å². The Kier molecular flexibility index (Phi) is 9.14. The molecule has 2 bridgehead atoms. The van der Waals surface area contributed by atoms with Gasteiger partial charge in [-0.1, -0.05) is 58.0 Å². The number of benzene rings is 1. The zero-order valence-corrected chi connectivity index (χ0v) is 23.3. The van der Waals surface area contributed by atoms with Crippen LogP contribution in [0.4, 0.5) is 0 Å². The second-order valence-corrected chi connectivity index (χ2v) is 12.3. The van der Waals surface area contributed by atoms with E-state index in [2.05, 4.69) is 49.1 Å². The van der Waals surface area contributed by atoms with Crippen molar-refractivity contribution in [1.29, 1.82) is 0 Å². The van der Waals surface area contributed by atoms with Crippen molar-refractivity contribution in [2.45, 2.75) is 91.6 Å². The van der Waals surface area contributed by atoms with Crippen molar-refractivity contribution in [3.05, 3.63) is 35.9 Å². The van der Waals surface area contributed by atoms with Crippen LogP contribution in [0.3, 0.4) is 0 Å². The minimum absolute atomic E-state index is 0.115. The zero-order chi connectivity index (χ0) is 25.7. The van der Waals surface area contributed by atoms with E-state index >= 15 is 0 Å². The van der Waals surface area contributed by atoms with Gasteiger partial charge in [0.1, 0.15) is 6.04 Å². The molecular weight excluding hydrogens is 446 g/mol. The summed E-state index contributed by atoms with van der Waals surface area (Å²) in [5.74, 6) is 2.85. The van der Waals surface area contributed by atoms with E-state index in [1.54, 1.807) is 0 Å². The molecule has 0 radical (unpaired) electrons. The largest absolute Gasteiger partial charge is 0.338 e. The number of hydrogen-bond donors (Lipinski definition) is 0. The molecule has 3 atom stereocenters. The molecule has 2 aliphatic carbocycles. The summed E-state index contributed by atoms with van der Waals surface area (Å²) in [5, 5.41) is 0. The van der Waals surface area contributed by atoms with E-state index in [-0.39, 0.29) is 23.3 Å². The van der Waals surface area contributed by atoms with Gasteiger partial charge in [-0.25, -0.2) is 0 Å². The van der Waals surface area contributed by atoms with Crippen LogP contribution in [-0.4, -0.2) is 65.3 Å². The summed E-state index contributed by atoms with van der Waals surface area (Å²) < 4.78 is 0. The van der Waals surface area contributed by atoms with Gasteiger partial charge in [-0.2, -0.15) is 0 Å². The van der Waals surface area contributed by atoms with Gasteiger partial charge in [-0.05, 0) is 73.7 Å². The molecule has 200 valence electrons. The summed E-state index contributed by atoms with van der Waals surface area (Å²) in [7, 11) is 0. The molecule has 0 N–H and O–H groups in total. The summed E-state index contributed by atoms with van der Waals surface area (Å²) >= 11 is 0. The Morgan fingerprint density at radius 1 is 0.917 bits per heavy atom. The van der Waals surface area contributed by atoms with Crippen LogP contribution in [0.5, 0.6) is 0 Å². The van der Waals surface area contributed by atoms with Crippen LogP contribution >= 0.6 is 0 Å². The quantitative estimate of drug-likeness (QED) is 0.535. The van der Waals surface area contributed by atoms with Gasteiger partial charge < -0.3 is 9.80 Å². The van der Waals surface area contributed by atoms with Crippen LogP contribution in [0.25, 0.3) is 0 Å². The van der Waals surface area contributed by atoms with Crippen molar-refractivity contribution in [3.63, 3.8) is 0 Å². The molecule has 0 aromatic heterocycles. The first-order valence-electron chi connectivity index (χ1n) is 14.7. The van der Waals surface area contributed by atoms with Crippen molar-refractivity contribution >= 4 is 11.8 Å². The van der Waals surface area contributed by atoms with E-state index in [1.807, 2.05) is 23.6 Å². The number of carbonyl (C=O) groups excluding carboxylic acids is 2. The van der Waals surface area contributed by atoms with E-state index in [0.717, 1.165) is 69.9 Å². The van der Waals surface area contributed by atoms with E-state index in [1.165, 1.54) is 37.7 Å². The first kappa shape index (κ1) is 27.2. The summed E-state index contributed by atoms with van der Waals surface area (Å²) in [6.07, 6.45) is 8.83. The molecule has 4 fully saturated rings. The number of fused-ring (bicyclic) bond motifs is 2. The van der Waals surface area contributed by atoms with Crippen molar-refractivity contribution in [3.8, 4) is 0 Å². The first-order chi connectivity index (χ1) is 17.4. The van der Waals surface area contributed by atoms with E-state index in [0.29, 0.717) is 6.42 Å². The van der Waals surface area contributed by atoms with Crippen molar-refractivity contribution in [2.75, 3.05) is 32.7 Å². The monoisotopic (exact) mass is 495 g/mol. The molecule has 2 saturated carbocycles. The van der Waals surface area contributed by atoms with E-state index in [9.17, 15) is 9.59 Å². The van der Waals surface area contributed by atoms with Crippen molar-refractivity contribution in [1.82, 2.24) is 14.7 Å². The molecule has 5 heteroatoms. The van der Waals surface area contributed by atoms with E-state index in [4.69, 9.17) is 0 Å². The molecular formula is C31H49N3O2. The third-order valence-electron chi connectivity index (χ3n) is 9.07. The number of hydrogen-bond acceptors (Lipinski definition) is 3. The lowest BCUT2D eigenvalue weighted by atomic mass is 9.58. The molecule has 5 nitrogen and oxygen atoms in total. The highest BCUT2D eigenvalue weighted by Crippen LogP contribution is 2.51. The summed E-state index contributed by atoms with van der Waals surface area (Å²) in [5.41, 5.74) is 1.44. The van der Waals surface area contributed by atoms with Crippen LogP contribution in [0.2, 0.25) is 0 Å². The Morgan fingerprint density at radius 3 is 2.19 bits per heavy atom. The van der Waals surface area contributed by atoms with Gasteiger partial charge >= 0.3 is 0 Å². The molecule has 1 aromatic rings. The topological polar surface area (TPSA) is 43.9 Å². The standard InChI is InChI=1S/C29H43N3O2.C2H6/c1-22-15-24-17-25(16-22)19-29(2,18-24)20-27(33)32-10-6-9-26(32)28(34)31-13-11-30(12-14-31)21-23-7-4-3-5-8-23;1-2/h3-5,7-8,22,24-26H,6,9-21H2,1-2H3;1-2H3. The fourth-order valence-corrected chi connectivity index (χ4v) is 7.82. The molecule has 0 spiro atoms. The number of amides is 2. The Morgan fingerprint density at radius 2 is 1.56 bits per heavy atom. The molecule has 5 rings (SSSR count). The third kappa shape index (κ3) is 6.51. The van der Waals surface area contributed by atoms with Crippen molar-refractivity contribution < 1.29 is 9.59 Å². The minimum atomic E-state index is -0.236. The Hall–Kier alpha value is -1.88. The van der Waals surface area contributed by atoms with Gasteiger partial charge in [0.25, 0.3) is 0 Å². The Bertz CT molecular complexity index is 846. The average molecular weight is 496 g/mol. The number of rotatable bonds is 5. The van der Waals surface area contributed by atoms with Crippen molar-refractivity contribution in [2.24, 2.45) is 23.2 Å². The molecule has 36 heavy (non-hydrogen) atoms. The number of nitrogens with zero attached hydrogens (tertiary/aromatic N) is 3. The van der Waals surface area contributed by atoms with E-state index < -0.39 is 0 Å². The second kappa shape index (κ2) is 12.1. The van der Waals surface area contributed by atoms with Crippen LogP contribution < -0.4 is 0 Å². The molecule has 2 heterocycles. The third-order valence-corrected chi connectivity index (χ3v) is 9.07. The lowest BCUT2D eigenvalue weighted by Gasteiger charge is -2.47. The maximum atomic E-state index is 13.5. The summed E-state index contributed by atoms with van der Waals surface area (Å²) in [6, 6.07) is 10.3. The lowest BCUT2D eigenvalue weighted by Crippen LogP contribution is -2.54. The average Bonchev–Trinajstić information content (AvgIpc) is 3.35. The Labute approximate surface area is 219 Å². The zero-order valence-electron chi connectivity index (χ0n) is 23.3. The molecule has 2 amide bonds. The van der Waals surface area contributed by atoms with Crippen LogP contribution in [0, 0.1) is 23.2 Å². The summed E-state index contributed by atoms with van der Waals surface area (Å²) in [6.45, 7) is 13.8. The maximum absolute atomic E-state index is 13.5. The van der Waals surface area contributed by atoms with Crippen LogP contribution in [-0.2, 0) is 16.1 Å². The normalized spacial score (nSPS) is 32.6. The maximum Gasteiger partial charge on any atom is 0.245 e. The SMILES string of the molecule is CC.CC1CC2CC(C1)CC(C)(CC(=O)N1CCCC1C(=O)N1CCN(Cc3ccccc3)CC1)C2.